The van der Waals surface area contributed by atoms with Gasteiger partial charge < -0.3 is 9.73 Å². The lowest BCUT2D eigenvalue weighted by atomic mass is 10.2. The zero-order valence-corrected chi connectivity index (χ0v) is 12.8. The van der Waals surface area contributed by atoms with Gasteiger partial charge in [-0.2, -0.15) is 5.10 Å². The van der Waals surface area contributed by atoms with E-state index in [4.69, 9.17) is 4.42 Å². The van der Waals surface area contributed by atoms with Gasteiger partial charge in [0.25, 0.3) is 0 Å². The van der Waals surface area contributed by atoms with Gasteiger partial charge in [-0.3, -0.25) is 4.68 Å². The summed E-state index contributed by atoms with van der Waals surface area (Å²) in [7, 11) is 0. The number of nitrogens with zero attached hydrogens (tertiary/aromatic N) is 3. The SMILES string of the molecule is CCC(CC)n1ccc(CNCc2nc(C)c(C)o2)n1. The van der Waals surface area contributed by atoms with Crippen molar-refractivity contribution in [3.05, 3.63) is 35.3 Å². The molecule has 0 saturated heterocycles. The van der Waals surface area contributed by atoms with Crippen LogP contribution in [-0.4, -0.2) is 14.8 Å². The lowest BCUT2D eigenvalue weighted by molar-refractivity contribution is 0.421. The first-order valence-corrected chi connectivity index (χ1v) is 7.31. The van der Waals surface area contributed by atoms with E-state index in [9.17, 15) is 0 Å². The first-order valence-electron chi connectivity index (χ1n) is 7.31. The summed E-state index contributed by atoms with van der Waals surface area (Å²) in [6.07, 6.45) is 4.29. The lowest BCUT2D eigenvalue weighted by Crippen LogP contribution is -2.14. The van der Waals surface area contributed by atoms with Crippen molar-refractivity contribution in [3.8, 4) is 0 Å². The van der Waals surface area contributed by atoms with Gasteiger partial charge in [-0.25, -0.2) is 4.98 Å². The highest BCUT2D eigenvalue weighted by molar-refractivity contribution is 5.05. The lowest BCUT2D eigenvalue weighted by Gasteiger charge is -2.12. The van der Waals surface area contributed by atoms with Crippen molar-refractivity contribution in [2.45, 2.75) is 59.7 Å². The molecule has 2 aromatic heterocycles. The molecule has 0 unspecified atom stereocenters. The maximum absolute atomic E-state index is 5.53. The topological polar surface area (TPSA) is 55.9 Å². The molecule has 0 aliphatic carbocycles. The molecule has 0 aromatic carbocycles. The van der Waals surface area contributed by atoms with Gasteiger partial charge >= 0.3 is 0 Å². The Hall–Kier alpha value is -1.62. The molecule has 0 aliphatic rings. The van der Waals surface area contributed by atoms with Gasteiger partial charge in [0.05, 0.1) is 24.0 Å². The Kier molecular flexibility index (Phi) is 4.95. The first-order chi connectivity index (χ1) is 9.63. The Morgan fingerprint density at radius 2 is 2.00 bits per heavy atom. The predicted octanol–water partition coefficient (Wildman–Crippen LogP) is 3.14. The van der Waals surface area contributed by atoms with Crippen molar-refractivity contribution in [2.24, 2.45) is 0 Å². The van der Waals surface area contributed by atoms with Crippen molar-refractivity contribution in [1.82, 2.24) is 20.1 Å². The summed E-state index contributed by atoms with van der Waals surface area (Å²) in [5, 5.41) is 7.92. The average Bonchev–Trinajstić information content (AvgIpc) is 3.00. The highest BCUT2D eigenvalue weighted by Gasteiger charge is 2.08. The van der Waals surface area contributed by atoms with E-state index in [2.05, 4.69) is 46.2 Å². The molecular formula is C15H24N4O. The number of oxazole rings is 1. The number of aromatic nitrogens is 3. The van der Waals surface area contributed by atoms with E-state index < -0.39 is 0 Å². The second-order valence-corrected chi connectivity index (χ2v) is 5.11. The molecule has 0 amide bonds. The molecule has 0 saturated carbocycles. The van der Waals surface area contributed by atoms with Crippen LogP contribution in [0.5, 0.6) is 0 Å². The number of nitrogens with one attached hydrogen (secondary N) is 1. The van der Waals surface area contributed by atoms with Gasteiger partial charge in [0.15, 0.2) is 0 Å². The van der Waals surface area contributed by atoms with Gasteiger partial charge in [-0.1, -0.05) is 13.8 Å². The average molecular weight is 276 g/mol. The Labute approximate surface area is 120 Å². The van der Waals surface area contributed by atoms with Crippen LogP contribution in [0.2, 0.25) is 0 Å². The quantitative estimate of drug-likeness (QED) is 0.844. The van der Waals surface area contributed by atoms with E-state index in [0.29, 0.717) is 12.6 Å². The van der Waals surface area contributed by atoms with Crippen molar-refractivity contribution in [2.75, 3.05) is 0 Å². The maximum atomic E-state index is 5.53. The Morgan fingerprint density at radius 3 is 2.60 bits per heavy atom. The fourth-order valence-corrected chi connectivity index (χ4v) is 2.25. The minimum absolute atomic E-state index is 0.501. The highest BCUT2D eigenvalue weighted by atomic mass is 16.4. The molecule has 5 heteroatoms. The molecule has 20 heavy (non-hydrogen) atoms. The van der Waals surface area contributed by atoms with Crippen LogP contribution in [-0.2, 0) is 13.1 Å². The number of aryl methyl sites for hydroxylation is 2. The van der Waals surface area contributed by atoms with Crippen LogP contribution >= 0.6 is 0 Å². The molecule has 1 N–H and O–H groups in total. The third kappa shape index (κ3) is 3.48. The summed E-state index contributed by atoms with van der Waals surface area (Å²) < 4.78 is 7.60. The molecule has 0 aliphatic heterocycles. The zero-order chi connectivity index (χ0) is 14.5. The standard InChI is InChI=1S/C15H24N4O/c1-5-14(6-2)19-8-7-13(18-19)9-16-10-15-17-11(3)12(4)20-15/h7-8,14,16H,5-6,9-10H2,1-4H3. The van der Waals surface area contributed by atoms with Crippen LogP contribution in [0.3, 0.4) is 0 Å². The molecule has 0 radical (unpaired) electrons. The van der Waals surface area contributed by atoms with Gasteiger partial charge in [0.2, 0.25) is 5.89 Å². The molecule has 0 bridgehead atoms. The normalized spacial score (nSPS) is 11.4. The van der Waals surface area contributed by atoms with E-state index in [-0.39, 0.29) is 0 Å². The van der Waals surface area contributed by atoms with E-state index in [1.54, 1.807) is 0 Å². The van der Waals surface area contributed by atoms with Crippen LogP contribution in [0.4, 0.5) is 0 Å². The van der Waals surface area contributed by atoms with Gasteiger partial charge in [0, 0.05) is 12.7 Å². The molecule has 110 valence electrons. The van der Waals surface area contributed by atoms with Crippen molar-refractivity contribution in [3.63, 3.8) is 0 Å². The van der Waals surface area contributed by atoms with Gasteiger partial charge in [-0.05, 0) is 32.8 Å². The van der Waals surface area contributed by atoms with Crippen molar-refractivity contribution in [1.29, 1.82) is 0 Å². The van der Waals surface area contributed by atoms with Crippen LogP contribution in [0.1, 0.15) is 55.8 Å². The molecule has 2 heterocycles. The van der Waals surface area contributed by atoms with Crippen LogP contribution in [0.25, 0.3) is 0 Å². The number of hydrogen-bond acceptors (Lipinski definition) is 4. The monoisotopic (exact) mass is 276 g/mol. The minimum Gasteiger partial charge on any atom is -0.444 e. The summed E-state index contributed by atoms with van der Waals surface area (Å²) in [5.41, 5.74) is 2.01. The third-order valence-corrected chi connectivity index (χ3v) is 3.64. The summed E-state index contributed by atoms with van der Waals surface area (Å²) in [6, 6.07) is 2.57. The van der Waals surface area contributed by atoms with Gasteiger partial charge in [-0.15, -0.1) is 0 Å². The van der Waals surface area contributed by atoms with E-state index in [1.807, 2.05) is 13.8 Å². The fraction of sp³-hybridized carbons (Fsp3) is 0.600. The second-order valence-electron chi connectivity index (χ2n) is 5.11. The Bertz CT molecular complexity index is 520. The third-order valence-electron chi connectivity index (χ3n) is 3.64. The maximum Gasteiger partial charge on any atom is 0.208 e. The fourth-order valence-electron chi connectivity index (χ4n) is 2.25. The van der Waals surface area contributed by atoms with Crippen LogP contribution < -0.4 is 5.32 Å². The van der Waals surface area contributed by atoms with E-state index >= 15 is 0 Å². The predicted molar refractivity (Wildman–Crippen MR) is 78.4 cm³/mol. The molecule has 5 nitrogen and oxygen atoms in total. The molecule has 0 fully saturated rings. The zero-order valence-electron chi connectivity index (χ0n) is 12.8. The molecule has 0 spiro atoms. The smallest absolute Gasteiger partial charge is 0.208 e. The first kappa shape index (κ1) is 14.8. The number of hydrogen-bond donors (Lipinski definition) is 1. The second kappa shape index (κ2) is 6.70. The molecule has 2 rings (SSSR count). The van der Waals surface area contributed by atoms with Crippen LogP contribution in [0, 0.1) is 13.8 Å². The van der Waals surface area contributed by atoms with Crippen molar-refractivity contribution >= 4 is 0 Å². The Morgan fingerprint density at radius 1 is 1.25 bits per heavy atom. The van der Waals surface area contributed by atoms with Crippen molar-refractivity contribution < 1.29 is 4.42 Å². The minimum atomic E-state index is 0.501. The van der Waals surface area contributed by atoms with E-state index in [0.717, 1.165) is 42.4 Å². The van der Waals surface area contributed by atoms with Gasteiger partial charge in [0.1, 0.15) is 5.76 Å². The summed E-state index contributed by atoms with van der Waals surface area (Å²) in [6.45, 7) is 9.64. The molecular weight excluding hydrogens is 252 g/mol. The van der Waals surface area contributed by atoms with Crippen LogP contribution in [0.15, 0.2) is 16.7 Å². The van der Waals surface area contributed by atoms with E-state index in [1.165, 1.54) is 0 Å². The largest absolute Gasteiger partial charge is 0.444 e. The summed E-state index contributed by atoms with van der Waals surface area (Å²) in [4.78, 5) is 4.35. The Balaban J connectivity index is 1.85. The summed E-state index contributed by atoms with van der Waals surface area (Å²) in [5.74, 6) is 1.62. The summed E-state index contributed by atoms with van der Waals surface area (Å²) >= 11 is 0. The molecule has 0 atom stereocenters. The molecule has 2 aromatic rings. The number of rotatable bonds is 7. The highest BCUT2D eigenvalue weighted by Crippen LogP contribution is 2.14.